The Hall–Kier alpha value is -2.06. The van der Waals surface area contributed by atoms with E-state index in [1.165, 1.54) is 0 Å². The van der Waals surface area contributed by atoms with Crippen molar-refractivity contribution in [2.24, 2.45) is 7.05 Å². The average Bonchev–Trinajstić information content (AvgIpc) is 2.84. The van der Waals surface area contributed by atoms with Gasteiger partial charge in [-0.25, -0.2) is 0 Å². The Morgan fingerprint density at radius 1 is 1.00 bits per heavy atom. The van der Waals surface area contributed by atoms with Crippen molar-refractivity contribution in [2.75, 3.05) is 0 Å². The maximum Gasteiger partial charge on any atom is 0.120 e. The zero-order chi connectivity index (χ0) is 13.4. The van der Waals surface area contributed by atoms with Gasteiger partial charge >= 0.3 is 0 Å². The van der Waals surface area contributed by atoms with Gasteiger partial charge in [-0.05, 0) is 41.0 Å². The standard InChI is InChI=1S/C17H17NO/c1-12-9-10-13-6-3-4-7-14(13)16(12)17(19)15-8-5-11-18(15)2/h3-11,17,19H,1-2H3/t17-/m0/s1. The van der Waals surface area contributed by atoms with Gasteiger partial charge in [0.1, 0.15) is 6.10 Å². The first-order valence-corrected chi connectivity index (χ1v) is 6.46. The second-order valence-corrected chi connectivity index (χ2v) is 4.96. The van der Waals surface area contributed by atoms with Crippen molar-refractivity contribution in [3.8, 4) is 0 Å². The van der Waals surface area contributed by atoms with Crippen molar-refractivity contribution < 1.29 is 5.11 Å². The highest BCUT2D eigenvalue weighted by atomic mass is 16.3. The zero-order valence-electron chi connectivity index (χ0n) is 11.2. The predicted octanol–water partition coefficient (Wildman–Crippen LogP) is 3.57. The Kier molecular flexibility index (Phi) is 2.88. The molecule has 0 saturated carbocycles. The molecule has 3 aromatic rings. The molecule has 2 heteroatoms. The van der Waals surface area contributed by atoms with Crippen LogP contribution in [-0.4, -0.2) is 9.67 Å². The molecule has 0 saturated heterocycles. The minimum Gasteiger partial charge on any atom is -0.382 e. The lowest BCUT2D eigenvalue weighted by Crippen LogP contribution is -2.07. The highest BCUT2D eigenvalue weighted by molar-refractivity contribution is 5.87. The lowest BCUT2D eigenvalue weighted by molar-refractivity contribution is 0.212. The summed E-state index contributed by atoms with van der Waals surface area (Å²) in [6.45, 7) is 2.05. The molecule has 0 amide bonds. The summed E-state index contributed by atoms with van der Waals surface area (Å²) in [5, 5.41) is 13.0. The smallest absolute Gasteiger partial charge is 0.120 e. The number of aliphatic hydroxyl groups excluding tert-OH is 1. The summed E-state index contributed by atoms with van der Waals surface area (Å²) in [7, 11) is 1.96. The second-order valence-electron chi connectivity index (χ2n) is 4.96. The first kappa shape index (κ1) is 12.0. The van der Waals surface area contributed by atoms with Gasteiger partial charge in [0.25, 0.3) is 0 Å². The van der Waals surface area contributed by atoms with Crippen LogP contribution < -0.4 is 0 Å². The van der Waals surface area contributed by atoms with Crippen LogP contribution in [0.15, 0.2) is 54.7 Å². The number of aromatic nitrogens is 1. The lowest BCUT2D eigenvalue weighted by Gasteiger charge is -2.17. The van der Waals surface area contributed by atoms with Gasteiger partial charge in [-0.15, -0.1) is 0 Å². The van der Waals surface area contributed by atoms with Crippen molar-refractivity contribution >= 4 is 10.8 Å². The van der Waals surface area contributed by atoms with Gasteiger partial charge in [-0.3, -0.25) is 0 Å². The summed E-state index contributed by atoms with van der Waals surface area (Å²) in [5.74, 6) is 0. The Labute approximate surface area is 112 Å². The molecule has 0 fully saturated rings. The van der Waals surface area contributed by atoms with E-state index in [2.05, 4.69) is 24.3 Å². The monoisotopic (exact) mass is 251 g/mol. The van der Waals surface area contributed by atoms with Gasteiger partial charge in [0.05, 0.1) is 5.69 Å². The van der Waals surface area contributed by atoms with Crippen molar-refractivity contribution in [2.45, 2.75) is 13.0 Å². The molecule has 1 atom stereocenters. The minimum atomic E-state index is -0.592. The summed E-state index contributed by atoms with van der Waals surface area (Å²) in [4.78, 5) is 0. The molecule has 0 bridgehead atoms. The largest absolute Gasteiger partial charge is 0.382 e. The molecule has 96 valence electrons. The Morgan fingerprint density at radius 3 is 2.53 bits per heavy atom. The van der Waals surface area contributed by atoms with E-state index in [1.54, 1.807) is 0 Å². The van der Waals surface area contributed by atoms with E-state index in [4.69, 9.17) is 0 Å². The van der Waals surface area contributed by atoms with Crippen molar-refractivity contribution in [1.29, 1.82) is 0 Å². The maximum atomic E-state index is 10.7. The van der Waals surface area contributed by atoms with Gasteiger partial charge in [-0.1, -0.05) is 36.4 Å². The molecular weight excluding hydrogens is 234 g/mol. The fraction of sp³-hybridized carbons (Fsp3) is 0.176. The quantitative estimate of drug-likeness (QED) is 0.740. The first-order valence-electron chi connectivity index (χ1n) is 6.46. The molecule has 2 aromatic carbocycles. The van der Waals surface area contributed by atoms with Gasteiger partial charge in [0, 0.05) is 13.2 Å². The summed E-state index contributed by atoms with van der Waals surface area (Å²) < 4.78 is 1.96. The Morgan fingerprint density at radius 2 is 1.79 bits per heavy atom. The van der Waals surface area contributed by atoms with Crippen LogP contribution in [0.5, 0.6) is 0 Å². The number of benzene rings is 2. The number of fused-ring (bicyclic) bond motifs is 1. The highest BCUT2D eigenvalue weighted by Crippen LogP contribution is 2.31. The van der Waals surface area contributed by atoms with Crippen LogP contribution in [0, 0.1) is 6.92 Å². The first-order chi connectivity index (χ1) is 9.18. The SMILES string of the molecule is Cc1ccc2ccccc2c1[C@@H](O)c1cccn1C. The summed E-state index contributed by atoms with van der Waals surface area (Å²) in [5.41, 5.74) is 3.03. The third-order valence-corrected chi connectivity index (χ3v) is 3.73. The molecule has 0 spiro atoms. The average molecular weight is 251 g/mol. The molecule has 1 N–H and O–H groups in total. The number of hydrogen-bond donors (Lipinski definition) is 1. The third kappa shape index (κ3) is 1.94. The molecule has 1 aromatic heterocycles. The number of hydrogen-bond acceptors (Lipinski definition) is 1. The van der Waals surface area contributed by atoms with E-state index >= 15 is 0 Å². The van der Waals surface area contributed by atoms with Crippen LogP contribution in [0.3, 0.4) is 0 Å². The number of aliphatic hydroxyl groups is 1. The lowest BCUT2D eigenvalue weighted by atomic mass is 9.94. The number of nitrogens with zero attached hydrogens (tertiary/aromatic N) is 1. The normalized spacial score (nSPS) is 12.8. The predicted molar refractivity (Wildman–Crippen MR) is 78.2 cm³/mol. The summed E-state index contributed by atoms with van der Waals surface area (Å²) in [6.07, 6.45) is 1.37. The Balaban J connectivity index is 2.24. The Bertz CT molecular complexity index is 727. The summed E-state index contributed by atoms with van der Waals surface area (Å²) >= 11 is 0. The number of aryl methyl sites for hydroxylation is 2. The number of rotatable bonds is 2. The molecule has 2 nitrogen and oxygen atoms in total. The fourth-order valence-corrected chi connectivity index (χ4v) is 2.67. The van der Waals surface area contributed by atoms with E-state index in [0.717, 1.165) is 27.6 Å². The molecule has 0 unspecified atom stereocenters. The fourth-order valence-electron chi connectivity index (χ4n) is 2.67. The molecule has 19 heavy (non-hydrogen) atoms. The van der Waals surface area contributed by atoms with Crippen molar-refractivity contribution in [3.05, 3.63) is 71.5 Å². The van der Waals surface area contributed by atoms with E-state index in [-0.39, 0.29) is 0 Å². The molecule has 0 radical (unpaired) electrons. The highest BCUT2D eigenvalue weighted by Gasteiger charge is 2.17. The van der Waals surface area contributed by atoms with Crippen LogP contribution in [0.4, 0.5) is 0 Å². The summed E-state index contributed by atoms with van der Waals surface area (Å²) in [6, 6.07) is 16.3. The molecule has 1 heterocycles. The maximum absolute atomic E-state index is 10.7. The van der Waals surface area contributed by atoms with E-state index in [1.807, 2.05) is 49.0 Å². The van der Waals surface area contributed by atoms with Gasteiger partial charge < -0.3 is 9.67 Å². The van der Waals surface area contributed by atoms with Crippen LogP contribution >= 0.6 is 0 Å². The third-order valence-electron chi connectivity index (χ3n) is 3.73. The minimum absolute atomic E-state index is 0.592. The molecule has 0 aliphatic rings. The topological polar surface area (TPSA) is 25.2 Å². The van der Waals surface area contributed by atoms with Crippen LogP contribution in [0.2, 0.25) is 0 Å². The molecular formula is C17H17NO. The van der Waals surface area contributed by atoms with Gasteiger partial charge in [0.15, 0.2) is 0 Å². The van der Waals surface area contributed by atoms with E-state index in [0.29, 0.717) is 0 Å². The van der Waals surface area contributed by atoms with Gasteiger partial charge in [0.2, 0.25) is 0 Å². The van der Waals surface area contributed by atoms with E-state index < -0.39 is 6.10 Å². The van der Waals surface area contributed by atoms with Crippen molar-refractivity contribution in [3.63, 3.8) is 0 Å². The zero-order valence-corrected chi connectivity index (χ0v) is 11.2. The van der Waals surface area contributed by atoms with Gasteiger partial charge in [-0.2, -0.15) is 0 Å². The van der Waals surface area contributed by atoms with Crippen LogP contribution in [-0.2, 0) is 7.05 Å². The van der Waals surface area contributed by atoms with Crippen LogP contribution in [0.25, 0.3) is 10.8 Å². The van der Waals surface area contributed by atoms with Crippen molar-refractivity contribution in [1.82, 2.24) is 4.57 Å². The molecule has 3 rings (SSSR count). The van der Waals surface area contributed by atoms with E-state index in [9.17, 15) is 5.11 Å². The molecule has 0 aliphatic heterocycles. The molecule has 0 aliphatic carbocycles. The van der Waals surface area contributed by atoms with Crippen LogP contribution in [0.1, 0.15) is 22.9 Å². The second kappa shape index (κ2) is 4.56.